The molecule has 0 aliphatic carbocycles. The average molecular weight is 550 g/mol. The molecule has 13 nitrogen and oxygen atoms in total. The first-order valence-electron chi connectivity index (χ1n) is 12.4. The molecule has 8 atom stereocenters. The van der Waals surface area contributed by atoms with Crippen LogP contribution in [0.3, 0.4) is 0 Å². The first-order chi connectivity index (χ1) is 18.7. The van der Waals surface area contributed by atoms with E-state index in [9.17, 15) is 30.3 Å². The average Bonchev–Trinajstić information content (AvgIpc) is 3.29. The summed E-state index contributed by atoms with van der Waals surface area (Å²) in [4.78, 5) is 11.4. The third kappa shape index (κ3) is 5.16. The SMILES string of the molecule is COc1c(OCNC[C@H](C)O)ccc2c1O[C@@H]1c3ccc(O[C@H]4O[C@H](C(=O)O)[C@@H](O)[C@H](O)[C@H]4O)cc3OC[C@@H]21. The Hall–Kier alpha value is -3.33. The van der Waals surface area contributed by atoms with Gasteiger partial charge in [-0.05, 0) is 25.1 Å². The zero-order valence-corrected chi connectivity index (χ0v) is 21.2. The van der Waals surface area contributed by atoms with Crippen LogP contribution in [0.25, 0.3) is 0 Å². The number of nitrogens with one attached hydrogen (secondary N) is 1. The molecule has 3 heterocycles. The van der Waals surface area contributed by atoms with Gasteiger partial charge in [-0.15, -0.1) is 0 Å². The number of ether oxygens (including phenoxy) is 6. The number of rotatable bonds is 9. The van der Waals surface area contributed by atoms with Crippen LogP contribution in [0.4, 0.5) is 0 Å². The number of aliphatic carboxylic acids is 1. The van der Waals surface area contributed by atoms with E-state index in [1.165, 1.54) is 7.11 Å². The van der Waals surface area contributed by atoms with Crippen LogP contribution in [0.2, 0.25) is 0 Å². The van der Waals surface area contributed by atoms with E-state index in [-0.39, 0.29) is 24.5 Å². The summed E-state index contributed by atoms with van der Waals surface area (Å²) in [5.41, 5.74) is 1.64. The van der Waals surface area contributed by atoms with Gasteiger partial charge >= 0.3 is 5.97 Å². The summed E-state index contributed by atoms with van der Waals surface area (Å²) in [6, 6.07) is 8.57. The molecule has 0 aromatic heterocycles. The van der Waals surface area contributed by atoms with Gasteiger partial charge in [-0.2, -0.15) is 0 Å². The van der Waals surface area contributed by atoms with Crippen LogP contribution in [0.15, 0.2) is 30.3 Å². The molecule has 6 N–H and O–H groups in total. The minimum atomic E-state index is -1.81. The van der Waals surface area contributed by atoms with Crippen LogP contribution < -0.4 is 29.0 Å². The summed E-state index contributed by atoms with van der Waals surface area (Å²) in [6.45, 7) is 2.51. The van der Waals surface area contributed by atoms with Crippen molar-refractivity contribution in [3.63, 3.8) is 0 Å². The van der Waals surface area contributed by atoms with E-state index in [0.29, 0.717) is 36.1 Å². The zero-order valence-electron chi connectivity index (χ0n) is 21.2. The number of benzene rings is 2. The maximum atomic E-state index is 11.4. The van der Waals surface area contributed by atoms with Gasteiger partial charge in [0.05, 0.1) is 25.7 Å². The number of carboxylic acid groups (broad SMARTS) is 1. The van der Waals surface area contributed by atoms with Gasteiger partial charge in [0.2, 0.25) is 12.0 Å². The van der Waals surface area contributed by atoms with Gasteiger partial charge in [-0.3, -0.25) is 5.32 Å². The Kier molecular flexibility index (Phi) is 7.71. The molecule has 0 bridgehead atoms. The maximum absolute atomic E-state index is 11.4. The lowest BCUT2D eigenvalue weighted by Crippen LogP contribution is -2.61. The minimum absolute atomic E-state index is 0.118. The number of aliphatic hydroxyl groups excluding tert-OH is 4. The lowest BCUT2D eigenvalue weighted by atomic mass is 9.89. The quantitative estimate of drug-likeness (QED) is 0.180. The van der Waals surface area contributed by atoms with E-state index in [4.69, 9.17) is 28.4 Å². The molecule has 0 amide bonds. The predicted octanol–water partition coefficient (Wildman–Crippen LogP) is -0.117. The topological polar surface area (TPSA) is 186 Å². The molecule has 0 spiro atoms. The van der Waals surface area contributed by atoms with Crippen LogP contribution in [0.5, 0.6) is 28.7 Å². The zero-order chi connectivity index (χ0) is 27.8. The third-order valence-electron chi connectivity index (χ3n) is 6.86. The predicted molar refractivity (Wildman–Crippen MR) is 131 cm³/mol. The van der Waals surface area contributed by atoms with Crippen LogP contribution in [-0.2, 0) is 9.53 Å². The van der Waals surface area contributed by atoms with E-state index < -0.39 is 42.8 Å². The van der Waals surface area contributed by atoms with Gasteiger partial charge in [-0.1, -0.05) is 6.07 Å². The molecule has 0 unspecified atom stereocenters. The molecule has 0 saturated carbocycles. The molecule has 5 rings (SSSR count). The van der Waals surface area contributed by atoms with Crippen molar-refractivity contribution in [2.24, 2.45) is 0 Å². The van der Waals surface area contributed by atoms with E-state index in [2.05, 4.69) is 5.32 Å². The highest BCUT2D eigenvalue weighted by Gasteiger charge is 2.48. The Morgan fingerprint density at radius 1 is 1.13 bits per heavy atom. The monoisotopic (exact) mass is 549 g/mol. The van der Waals surface area contributed by atoms with Gasteiger partial charge in [0.1, 0.15) is 42.6 Å². The highest BCUT2D eigenvalue weighted by atomic mass is 16.7. The third-order valence-corrected chi connectivity index (χ3v) is 6.86. The number of methoxy groups -OCH3 is 1. The second kappa shape index (κ2) is 11.0. The molecule has 39 heavy (non-hydrogen) atoms. The maximum Gasteiger partial charge on any atom is 0.335 e. The van der Waals surface area contributed by atoms with Crippen LogP contribution in [0, 0.1) is 0 Å². The van der Waals surface area contributed by atoms with Gasteiger partial charge in [0.15, 0.2) is 17.6 Å². The van der Waals surface area contributed by atoms with Gasteiger partial charge in [0, 0.05) is 23.7 Å². The molecular formula is C26H31NO12. The summed E-state index contributed by atoms with van der Waals surface area (Å²) in [5.74, 6) is 0.503. The van der Waals surface area contributed by atoms with Gasteiger partial charge < -0.3 is 54.0 Å². The number of fused-ring (bicyclic) bond motifs is 5. The molecular weight excluding hydrogens is 518 g/mol. The molecule has 3 aliphatic rings. The van der Waals surface area contributed by atoms with Crippen molar-refractivity contribution in [3.05, 3.63) is 41.5 Å². The minimum Gasteiger partial charge on any atom is -0.492 e. The Labute approximate surface area is 223 Å². The summed E-state index contributed by atoms with van der Waals surface area (Å²) in [5, 5.41) is 51.8. The summed E-state index contributed by atoms with van der Waals surface area (Å²) >= 11 is 0. The molecule has 13 heteroatoms. The first-order valence-corrected chi connectivity index (χ1v) is 12.4. The number of aliphatic hydroxyl groups is 4. The van der Waals surface area contributed by atoms with E-state index >= 15 is 0 Å². The Morgan fingerprint density at radius 3 is 2.62 bits per heavy atom. The van der Waals surface area contributed by atoms with Crippen molar-refractivity contribution in [3.8, 4) is 28.7 Å². The number of carbonyl (C=O) groups is 1. The largest absolute Gasteiger partial charge is 0.492 e. The molecule has 212 valence electrons. The van der Waals surface area contributed by atoms with Gasteiger partial charge in [0.25, 0.3) is 0 Å². The molecule has 1 fully saturated rings. The lowest BCUT2D eigenvalue weighted by Gasteiger charge is -2.38. The summed E-state index contributed by atoms with van der Waals surface area (Å²) in [7, 11) is 1.53. The number of carboxylic acids is 1. The normalized spacial score (nSPS) is 29.6. The smallest absolute Gasteiger partial charge is 0.335 e. The van der Waals surface area contributed by atoms with Crippen LogP contribution in [0.1, 0.15) is 30.1 Å². The first kappa shape index (κ1) is 27.2. The fourth-order valence-electron chi connectivity index (χ4n) is 4.92. The second-order valence-electron chi connectivity index (χ2n) is 9.62. The van der Waals surface area contributed by atoms with E-state index in [1.54, 1.807) is 31.2 Å². The fraction of sp³-hybridized carbons (Fsp3) is 0.500. The molecule has 2 aromatic rings. The number of hydrogen-bond donors (Lipinski definition) is 6. The Morgan fingerprint density at radius 2 is 1.90 bits per heavy atom. The van der Waals surface area contributed by atoms with Crippen LogP contribution in [-0.4, -0.2) is 95.3 Å². The Bertz CT molecular complexity index is 1210. The van der Waals surface area contributed by atoms with Crippen molar-refractivity contribution in [2.45, 2.75) is 55.8 Å². The molecule has 3 aliphatic heterocycles. The highest BCUT2D eigenvalue weighted by molar-refractivity contribution is 5.73. The second-order valence-corrected chi connectivity index (χ2v) is 9.62. The summed E-state index contributed by atoms with van der Waals surface area (Å²) in [6.07, 6.45) is -9.48. The fourth-order valence-corrected chi connectivity index (χ4v) is 4.92. The van der Waals surface area contributed by atoms with Crippen molar-refractivity contribution < 1.29 is 58.7 Å². The molecule has 2 aromatic carbocycles. The molecule has 1 saturated heterocycles. The van der Waals surface area contributed by atoms with Crippen molar-refractivity contribution in [1.82, 2.24) is 5.32 Å². The van der Waals surface area contributed by atoms with Crippen molar-refractivity contribution in [2.75, 3.05) is 27.0 Å². The molecule has 0 radical (unpaired) electrons. The van der Waals surface area contributed by atoms with E-state index in [0.717, 1.165) is 11.1 Å². The van der Waals surface area contributed by atoms with Crippen molar-refractivity contribution in [1.29, 1.82) is 0 Å². The Balaban J connectivity index is 1.32. The van der Waals surface area contributed by atoms with E-state index in [1.807, 2.05) is 6.07 Å². The van der Waals surface area contributed by atoms with Gasteiger partial charge in [-0.25, -0.2) is 4.79 Å². The lowest BCUT2D eigenvalue weighted by molar-refractivity contribution is -0.271. The number of hydrogen-bond acceptors (Lipinski definition) is 12. The standard InChI is InChI=1S/C26H31NO12/c1-11(28)8-27-10-36-16-6-5-13-15-9-35-17-7-12(3-4-14(17)21(15)38-22(13)23(16)34-2)37-26-20(31)18(29)19(30)24(39-26)25(32)33/h3-7,11,15,18-21,24,26-31H,8-10H2,1-2H3,(H,32,33)/t11-,15-,18-,19-,20+,21+,24-,26-/m0/s1. The van der Waals surface area contributed by atoms with Crippen molar-refractivity contribution >= 4 is 5.97 Å². The van der Waals surface area contributed by atoms with Crippen LogP contribution >= 0.6 is 0 Å². The highest BCUT2D eigenvalue weighted by Crippen LogP contribution is 2.56. The summed E-state index contributed by atoms with van der Waals surface area (Å²) < 4.78 is 34.6.